The number of hydrogen-bond acceptors (Lipinski definition) is 6. The van der Waals surface area contributed by atoms with E-state index in [-0.39, 0.29) is 10.6 Å². The van der Waals surface area contributed by atoms with Gasteiger partial charge in [-0.3, -0.25) is 4.55 Å². The van der Waals surface area contributed by atoms with Crippen molar-refractivity contribution in [2.45, 2.75) is 25.7 Å². The molecule has 9 nitrogen and oxygen atoms in total. The van der Waals surface area contributed by atoms with Gasteiger partial charge >= 0.3 is 6.03 Å². The van der Waals surface area contributed by atoms with Gasteiger partial charge in [-0.05, 0) is 39.0 Å². The van der Waals surface area contributed by atoms with Crippen molar-refractivity contribution >= 4 is 27.5 Å². The lowest BCUT2D eigenvalue weighted by Crippen LogP contribution is -2.19. The molecule has 158 valence electrons. The number of benzene rings is 2. The van der Waals surface area contributed by atoms with E-state index in [9.17, 15) is 13.2 Å². The fraction of sp³-hybridized carbons (Fsp3) is 0.316. The van der Waals surface area contributed by atoms with E-state index >= 15 is 0 Å². The molecular weight excluding hydrogens is 400 g/mol. The molecule has 0 unspecified atom stereocenters. The topological polar surface area (TPSA) is 123 Å². The third-order valence-corrected chi connectivity index (χ3v) is 4.41. The number of carbonyl (C=O) groups excluding carboxylic acids is 1. The zero-order valence-electron chi connectivity index (χ0n) is 16.4. The Kier molecular flexibility index (Phi) is 7.68. The Morgan fingerprint density at radius 3 is 1.97 bits per heavy atom. The molecular formula is C19H24N2O7S. The van der Waals surface area contributed by atoms with Gasteiger partial charge in [0.05, 0.1) is 30.4 Å². The van der Waals surface area contributed by atoms with E-state index in [2.05, 4.69) is 10.6 Å². The van der Waals surface area contributed by atoms with Gasteiger partial charge in [-0.15, -0.1) is 0 Å². The second kappa shape index (κ2) is 9.99. The van der Waals surface area contributed by atoms with Crippen molar-refractivity contribution in [3.05, 3.63) is 36.4 Å². The van der Waals surface area contributed by atoms with Crippen LogP contribution >= 0.6 is 0 Å². The van der Waals surface area contributed by atoms with E-state index < -0.39 is 16.1 Å². The minimum absolute atomic E-state index is 0.193. The number of nitrogens with one attached hydrogen (secondary N) is 2. The van der Waals surface area contributed by atoms with Crippen molar-refractivity contribution in [1.29, 1.82) is 0 Å². The summed E-state index contributed by atoms with van der Waals surface area (Å²) < 4.78 is 48.4. The van der Waals surface area contributed by atoms with Crippen molar-refractivity contribution in [1.82, 2.24) is 0 Å². The second-order valence-electron chi connectivity index (χ2n) is 5.68. The van der Waals surface area contributed by atoms with Crippen LogP contribution in [0, 0.1) is 0 Å². The largest absolute Gasteiger partial charge is 0.490 e. The molecule has 2 amide bonds. The predicted molar refractivity (Wildman–Crippen MR) is 109 cm³/mol. The highest BCUT2D eigenvalue weighted by atomic mass is 32.2. The average molecular weight is 424 g/mol. The number of rotatable bonds is 9. The van der Waals surface area contributed by atoms with Gasteiger partial charge in [-0.2, -0.15) is 8.42 Å². The standard InChI is InChI=1S/C19H24N2O7S/c1-4-26-16-11-14(12-17(27-5-2)18(16)28-6-3)21-19(22)20-13-8-7-9-15(10-13)29(23,24)25/h7-12H,4-6H2,1-3H3,(H2,20,21,22)(H,23,24,25). The molecule has 0 aliphatic heterocycles. The number of ether oxygens (including phenoxy) is 3. The van der Waals surface area contributed by atoms with Gasteiger partial charge < -0.3 is 24.8 Å². The molecule has 0 aromatic heterocycles. The van der Waals surface area contributed by atoms with Crippen molar-refractivity contribution in [3.8, 4) is 17.2 Å². The number of urea groups is 1. The molecule has 10 heteroatoms. The maximum absolute atomic E-state index is 12.3. The van der Waals surface area contributed by atoms with Gasteiger partial charge in [-0.25, -0.2) is 4.79 Å². The lowest BCUT2D eigenvalue weighted by atomic mass is 10.2. The van der Waals surface area contributed by atoms with Gasteiger partial charge in [0.15, 0.2) is 11.5 Å². The SMILES string of the molecule is CCOc1cc(NC(=O)Nc2cccc(S(=O)(=O)O)c2)cc(OCC)c1OCC. The van der Waals surface area contributed by atoms with E-state index in [1.165, 1.54) is 18.2 Å². The Morgan fingerprint density at radius 1 is 0.897 bits per heavy atom. The molecule has 0 saturated heterocycles. The summed E-state index contributed by atoms with van der Waals surface area (Å²) in [4.78, 5) is 12.0. The minimum atomic E-state index is -4.37. The smallest absolute Gasteiger partial charge is 0.323 e. The Bertz CT molecular complexity index is 934. The molecule has 0 fully saturated rings. The predicted octanol–water partition coefficient (Wildman–Crippen LogP) is 3.77. The van der Waals surface area contributed by atoms with Gasteiger partial charge in [0.2, 0.25) is 5.75 Å². The normalized spacial score (nSPS) is 10.9. The summed E-state index contributed by atoms with van der Waals surface area (Å²) in [6.45, 7) is 6.69. The van der Waals surface area contributed by atoms with Crippen LogP contribution in [0.25, 0.3) is 0 Å². The van der Waals surface area contributed by atoms with E-state index in [0.29, 0.717) is 42.8 Å². The molecule has 0 heterocycles. The molecule has 0 aliphatic rings. The highest BCUT2D eigenvalue weighted by Crippen LogP contribution is 2.40. The first kappa shape index (κ1) is 22.3. The fourth-order valence-electron chi connectivity index (χ4n) is 2.49. The quantitative estimate of drug-likeness (QED) is 0.524. The highest BCUT2D eigenvalue weighted by Gasteiger charge is 2.16. The van der Waals surface area contributed by atoms with Crippen LogP contribution in [-0.4, -0.2) is 38.8 Å². The fourth-order valence-corrected chi connectivity index (χ4v) is 3.02. The lowest BCUT2D eigenvalue weighted by Gasteiger charge is -2.17. The van der Waals surface area contributed by atoms with Crippen molar-refractivity contribution in [2.24, 2.45) is 0 Å². The van der Waals surface area contributed by atoms with Crippen LogP contribution < -0.4 is 24.8 Å². The first-order valence-corrected chi connectivity index (χ1v) is 10.4. The van der Waals surface area contributed by atoms with Gasteiger partial charge in [-0.1, -0.05) is 6.07 Å². The zero-order valence-corrected chi connectivity index (χ0v) is 17.2. The number of carbonyl (C=O) groups is 1. The Morgan fingerprint density at radius 2 is 1.45 bits per heavy atom. The van der Waals surface area contributed by atoms with E-state index in [4.69, 9.17) is 18.8 Å². The van der Waals surface area contributed by atoms with Crippen LogP contribution in [0.5, 0.6) is 17.2 Å². The molecule has 0 bridgehead atoms. The summed E-state index contributed by atoms with van der Waals surface area (Å²) in [6.07, 6.45) is 0. The first-order valence-electron chi connectivity index (χ1n) is 9.00. The van der Waals surface area contributed by atoms with Gasteiger partial charge in [0.1, 0.15) is 0 Å². The summed E-state index contributed by atoms with van der Waals surface area (Å²) in [5, 5.41) is 5.15. The molecule has 0 atom stereocenters. The highest BCUT2D eigenvalue weighted by molar-refractivity contribution is 7.85. The molecule has 2 aromatic carbocycles. The van der Waals surface area contributed by atoms with Crippen LogP contribution in [0.1, 0.15) is 20.8 Å². The zero-order chi connectivity index (χ0) is 21.4. The minimum Gasteiger partial charge on any atom is -0.490 e. The second-order valence-corrected chi connectivity index (χ2v) is 7.10. The van der Waals surface area contributed by atoms with Gasteiger partial charge in [0.25, 0.3) is 10.1 Å². The lowest BCUT2D eigenvalue weighted by molar-refractivity contribution is 0.260. The molecule has 29 heavy (non-hydrogen) atoms. The van der Waals surface area contributed by atoms with Crippen LogP contribution in [0.15, 0.2) is 41.3 Å². The molecule has 0 radical (unpaired) electrons. The van der Waals surface area contributed by atoms with E-state index in [1.54, 1.807) is 12.1 Å². The van der Waals surface area contributed by atoms with Crippen LogP contribution in [0.4, 0.5) is 16.2 Å². The van der Waals surface area contributed by atoms with Crippen molar-refractivity contribution < 1.29 is 32.0 Å². The van der Waals surface area contributed by atoms with E-state index in [0.717, 1.165) is 6.07 Å². The summed E-state index contributed by atoms with van der Waals surface area (Å²) in [7, 11) is -4.37. The average Bonchev–Trinajstić information content (AvgIpc) is 2.64. The summed E-state index contributed by atoms with van der Waals surface area (Å²) in [5.74, 6) is 1.29. The van der Waals surface area contributed by atoms with Crippen LogP contribution in [-0.2, 0) is 10.1 Å². The van der Waals surface area contributed by atoms with Crippen LogP contribution in [0.2, 0.25) is 0 Å². The summed E-state index contributed by atoms with van der Waals surface area (Å²) in [5.41, 5.74) is 0.586. The van der Waals surface area contributed by atoms with Crippen molar-refractivity contribution in [3.63, 3.8) is 0 Å². The third-order valence-electron chi connectivity index (χ3n) is 3.56. The number of anilines is 2. The third kappa shape index (κ3) is 6.26. The first-order chi connectivity index (χ1) is 13.8. The molecule has 2 aromatic rings. The Balaban J connectivity index is 2.25. The Hall–Kier alpha value is -2.98. The molecule has 0 aliphatic carbocycles. The monoisotopic (exact) mass is 424 g/mol. The summed E-state index contributed by atoms with van der Waals surface area (Å²) >= 11 is 0. The van der Waals surface area contributed by atoms with E-state index in [1.807, 2.05) is 20.8 Å². The molecule has 3 N–H and O–H groups in total. The summed E-state index contributed by atoms with van der Waals surface area (Å²) in [6, 6.07) is 7.83. The number of hydrogen-bond donors (Lipinski definition) is 3. The maximum Gasteiger partial charge on any atom is 0.323 e. The Labute approximate surface area is 169 Å². The van der Waals surface area contributed by atoms with Crippen LogP contribution in [0.3, 0.4) is 0 Å². The van der Waals surface area contributed by atoms with Crippen molar-refractivity contribution in [2.75, 3.05) is 30.5 Å². The molecule has 2 rings (SSSR count). The number of amides is 2. The molecule has 0 spiro atoms. The van der Waals surface area contributed by atoms with Gasteiger partial charge in [0, 0.05) is 17.8 Å². The molecule has 0 saturated carbocycles. The maximum atomic E-state index is 12.3.